The zero-order valence-electron chi connectivity index (χ0n) is 18.9. The smallest absolute Gasteiger partial charge is 0.299 e. The first kappa shape index (κ1) is 22.9. The Labute approximate surface area is 189 Å². The molecule has 1 heterocycles. The van der Waals surface area contributed by atoms with Crippen molar-refractivity contribution in [1.29, 1.82) is 0 Å². The van der Waals surface area contributed by atoms with Gasteiger partial charge >= 0.3 is 0 Å². The van der Waals surface area contributed by atoms with Crippen molar-refractivity contribution in [1.82, 2.24) is 10.2 Å². The van der Waals surface area contributed by atoms with Crippen molar-refractivity contribution in [3.05, 3.63) is 84.3 Å². The molecular formula is C27H28N2O3. The largest absolute Gasteiger partial charge is 0.467 e. The summed E-state index contributed by atoms with van der Waals surface area (Å²) in [6.07, 6.45) is 1.50. The van der Waals surface area contributed by atoms with E-state index in [2.05, 4.69) is 17.2 Å². The first-order chi connectivity index (χ1) is 15.3. The Morgan fingerprint density at radius 2 is 1.62 bits per heavy atom. The number of nitrogens with zero attached hydrogens (tertiary/aromatic N) is 1. The van der Waals surface area contributed by atoms with Crippen LogP contribution in [0.1, 0.15) is 45.1 Å². The Hall–Kier alpha value is -3.78. The first-order valence-corrected chi connectivity index (χ1v) is 10.5. The van der Waals surface area contributed by atoms with Gasteiger partial charge in [0.05, 0.1) is 6.26 Å². The van der Waals surface area contributed by atoms with E-state index in [-0.39, 0.29) is 12.5 Å². The van der Waals surface area contributed by atoms with Crippen LogP contribution in [0, 0.1) is 11.8 Å². The third-order valence-corrected chi connectivity index (χ3v) is 4.78. The second-order valence-corrected chi connectivity index (χ2v) is 8.53. The van der Waals surface area contributed by atoms with Gasteiger partial charge in [0.25, 0.3) is 11.8 Å². The van der Waals surface area contributed by atoms with Crippen LogP contribution in [0.5, 0.6) is 0 Å². The van der Waals surface area contributed by atoms with E-state index in [1.54, 1.807) is 19.1 Å². The fourth-order valence-electron chi connectivity index (χ4n) is 3.40. The number of hydrogen-bond donors (Lipinski definition) is 1. The number of carbonyl (C=O) groups excluding carboxylic acids is 2. The summed E-state index contributed by atoms with van der Waals surface area (Å²) in [4.78, 5) is 27.6. The molecule has 32 heavy (non-hydrogen) atoms. The molecule has 0 fully saturated rings. The van der Waals surface area contributed by atoms with E-state index in [0.717, 1.165) is 16.7 Å². The zero-order valence-corrected chi connectivity index (χ0v) is 18.9. The quantitative estimate of drug-likeness (QED) is 0.565. The Bertz CT molecular complexity index is 1100. The van der Waals surface area contributed by atoms with Crippen LogP contribution in [-0.4, -0.2) is 22.3 Å². The number of furan rings is 1. The molecule has 1 aromatic heterocycles. The number of benzene rings is 2. The molecule has 3 rings (SSSR count). The number of carbonyl (C=O) groups is 2. The van der Waals surface area contributed by atoms with Crippen molar-refractivity contribution in [2.24, 2.45) is 0 Å². The lowest BCUT2D eigenvalue weighted by molar-refractivity contribution is -0.139. The van der Waals surface area contributed by atoms with E-state index >= 15 is 0 Å². The van der Waals surface area contributed by atoms with E-state index in [0.29, 0.717) is 5.76 Å². The van der Waals surface area contributed by atoms with Crippen LogP contribution in [0.4, 0.5) is 0 Å². The van der Waals surface area contributed by atoms with E-state index in [9.17, 15) is 9.59 Å². The minimum absolute atomic E-state index is 0.214. The molecule has 1 N–H and O–H groups in total. The van der Waals surface area contributed by atoms with Gasteiger partial charge in [-0.2, -0.15) is 0 Å². The molecule has 0 aliphatic rings. The minimum Gasteiger partial charge on any atom is -0.467 e. The van der Waals surface area contributed by atoms with E-state index in [1.165, 1.54) is 11.2 Å². The predicted octanol–water partition coefficient (Wildman–Crippen LogP) is 4.95. The summed E-state index contributed by atoms with van der Waals surface area (Å²) >= 11 is 0. The van der Waals surface area contributed by atoms with E-state index in [4.69, 9.17) is 4.42 Å². The molecule has 0 saturated heterocycles. The van der Waals surface area contributed by atoms with Crippen molar-refractivity contribution >= 4 is 11.8 Å². The molecular weight excluding hydrogens is 400 g/mol. The highest BCUT2D eigenvalue weighted by molar-refractivity contribution is 5.97. The first-order valence-electron chi connectivity index (χ1n) is 10.5. The summed E-state index contributed by atoms with van der Waals surface area (Å²) in [7, 11) is 0. The average molecular weight is 429 g/mol. The summed E-state index contributed by atoms with van der Waals surface area (Å²) < 4.78 is 5.55. The van der Waals surface area contributed by atoms with Gasteiger partial charge in [0.1, 0.15) is 5.76 Å². The molecule has 3 aromatic rings. The van der Waals surface area contributed by atoms with Crippen molar-refractivity contribution in [2.75, 3.05) is 0 Å². The Kier molecular flexibility index (Phi) is 7.17. The highest BCUT2D eigenvalue weighted by atomic mass is 16.3. The Morgan fingerprint density at radius 1 is 0.969 bits per heavy atom. The fraction of sp³-hybridized carbons (Fsp3) is 0.259. The highest BCUT2D eigenvalue weighted by Gasteiger charge is 2.34. The molecule has 0 bridgehead atoms. The van der Waals surface area contributed by atoms with Crippen LogP contribution in [0.2, 0.25) is 0 Å². The second kappa shape index (κ2) is 10.0. The van der Waals surface area contributed by atoms with Crippen molar-refractivity contribution in [3.63, 3.8) is 0 Å². The molecule has 0 aliphatic heterocycles. The molecule has 2 aromatic carbocycles. The molecule has 5 heteroatoms. The minimum atomic E-state index is -0.939. The van der Waals surface area contributed by atoms with E-state index in [1.807, 2.05) is 75.4 Å². The van der Waals surface area contributed by atoms with Crippen molar-refractivity contribution in [2.45, 2.75) is 45.8 Å². The average Bonchev–Trinajstić information content (AvgIpc) is 3.27. The summed E-state index contributed by atoms with van der Waals surface area (Å²) in [6.45, 7) is 7.49. The predicted molar refractivity (Wildman–Crippen MR) is 125 cm³/mol. The Morgan fingerprint density at radius 3 is 2.19 bits per heavy atom. The van der Waals surface area contributed by atoms with Crippen LogP contribution in [-0.2, 0) is 16.1 Å². The maximum Gasteiger partial charge on any atom is 0.299 e. The molecule has 0 saturated carbocycles. The molecule has 1 unspecified atom stereocenters. The summed E-state index contributed by atoms with van der Waals surface area (Å²) in [6, 6.07) is 20.5. The third-order valence-electron chi connectivity index (χ3n) is 4.78. The van der Waals surface area contributed by atoms with Crippen LogP contribution < -0.4 is 5.32 Å². The lowest BCUT2D eigenvalue weighted by atomic mass is 10.0. The highest BCUT2D eigenvalue weighted by Crippen LogP contribution is 2.26. The number of nitrogens with one attached hydrogen (secondary N) is 1. The van der Waals surface area contributed by atoms with Gasteiger partial charge < -0.3 is 14.6 Å². The fourth-order valence-corrected chi connectivity index (χ4v) is 3.40. The Balaban J connectivity index is 1.94. The molecule has 0 spiro atoms. The molecule has 0 aliphatic carbocycles. The van der Waals surface area contributed by atoms with Gasteiger partial charge in [-0.05, 0) is 62.4 Å². The lowest BCUT2D eigenvalue weighted by Gasteiger charge is -2.31. The third kappa shape index (κ3) is 5.89. The van der Waals surface area contributed by atoms with Gasteiger partial charge in [-0.15, -0.1) is 0 Å². The van der Waals surface area contributed by atoms with Gasteiger partial charge in [-0.25, -0.2) is 0 Å². The second-order valence-electron chi connectivity index (χ2n) is 8.53. The van der Waals surface area contributed by atoms with Gasteiger partial charge in [0.15, 0.2) is 6.04 Å². The van der Waals surface area contributed by atoms with Gasteiger partial charge in [-0.1, -0.05) is 60.5 Å². The summed E-state index contributed by atoms with van der Waals surface area (Å²) in [5, 5.41) is 2.96. The van der Waals surface area contributed by atoms with Gasteiger partial charge in [-0.3, -0.25) is 9.59 Å². The maximum atomic E-state index is 13.2. The number of hydrogen-bond acceptors (Lipinski definition) is 3. The zero-order chi connectivity index (χ0) is 23.1. The van der Waals surface area contributed by atoms with Crippen LogP contribution in [0.25, 0.3) is 11.1 Å². The van der Waals surface area contributed by atoms with E-state index < -0.39 is 17.5 Å². The van der Waals surface area contributed by atoms with Crippen LogP contribution in [0.15, 0.2) is 77.4 Å². The molecule has 1 atom stereocenters. The molecule has 0 radical (unpaired) electrons. The SMILES string of the molecule is CC#CC(=O)N(Cc1ccc(-c2ccccc2)cc1)C(C(=O)NC(C)(C)C)c1ccco1. The van der Waals surface area contributed by atoms with Gasteiger partial charge in [0.2, 0.25) is 0 Å². The molecule has 5 nitrogen and oxygen atoms in total. The summed E-state index contributed by atoms with van der Waals surface area (Å²) in [5.41, 5.74) is 2.61. The van der Waals surface area contributed by atoms with Crippen molar-refractivity contribution in [3.8, 4) is 23.0 Å². The van der Waals surface area contributed by atoms with Gasteiger partial charge in [0, 0.05) is 12.1 Å². The van der Waals surface area contributed by atoms with Crippen LogP contribution in [0.3, 0.4) is 0 Å². The monoisotopic (exact) mass is 428 g/mol. The maximum absolute atomic E-state index is 13.2. The number of rotatable bonds is 6. The molecule has 2 amide bonds. The topological polar surface area (TPSA) is 62.6 Å². The standard InChI is InChI=1S/C27H28N2O3/c1-5-10-24(30)29(25(23-13-9-18-32-23)26(31)28-27(2,3)4)19-20-14-16-22(17-15-20)21-11-7-6-8-12-21/h6-9,11-18,25H,19H2,1-4H3,(H,28,31). The van der Waals surface area contributed by atoms with Crippen molar-refractivity contribution < 1.29 is 14.0 Å². The summed E-state index contributed by atoms with van der Waals surface area (Å²) in [5.74, 6) is 4.86. The lowest BCUT2D eigenvalue weighted by Crippen LogP contribution is -2.48. The normalized spacial score (nSPS) is 11.8. The number of amides is 2. The van der Waals surface area contributed by atoms with Crippen LogP contribution >= 0.6 is 0 Å². The molecule has 164 valence electrons.